The highest BCUT2D eigenvalue weighted by molar-refractivity contribution is 5.74. The summed E-state index contributed by atoms with van der Waals surface area (Å²) in [4.78, 5) is 16.0. The van der Waals surface area contributed by atoms with E-state index in [-0.39, 0.29) is 0 Å². The lowest BCUT2D eigenvalue weighted by molar-refractivity contribution is 1.05. The van der Waals surface area contributed by atoms with Gasteiger partial charge in [0, 0.05) is 18.9 Å². The summed E-state index contributed by atoms with van der Waals surface area (Å²) in [5.41, 5.74) is 8.93. The number of aromatic nitrogens is 4. The molecular weight excluding hydrogens is 214 g/mol. The molecule has 5 nitrogen and oxygen atoms in total. The molecule has 0 spiro atoms. The van der Waals surface area contributed by atoms with E-state index in [1.807, 2.05) is 24.3 Å². The van der Waals surface area contributed by atoms with E-state index >= 15 is 0 Å². The van der Waals surface area contributed by atoms with Gasteiger partial charge in [-0.1, -0.05) is 6.07 Å². The van der Waals surface area contributed by atoms with Crippen molar-refractivity contribution in [2.45, 2.75) is 6.54 Å². The van der Waals surface area contributed by atoms with Gasteiger partial charge in [0.05, 0.1) is 5.52 Å². The number of aromatic amines is 1. The van der Waals surface area contributed by atoms with Crippen molar-refractivity contribution in [2.24, 2.45) is 5.73 Å². The Hall–Kier alpha value is -2.27. The Morgan fingerprint density at radius 1 is 1.18 bits per heavy atom. The molecule has 3 rings (SSSR count). The number of nitrogens with one attached hydrogen (secondary N) is 1. The quantitative estimate of drug-likeness (QED) is 0.692. The van der Waals surface area contributed by atoms with Gasteiger partial charge < -0.3 is 10.7 Å². The van der Waals surface area contributed by atoms with Crippen molar-refractivity contribution in [3.8, 4) is 11.5 Å². The minimum atomic E-state index is 0.495. The molecule has 3 heterocycles. The van der Waals surface area contributed by atoms with E-state index in [0.29, 0.717) is 12.2 Å². The van der Waals surface area contributed by atoms with Crippen LogP contribution < -0.4 is 5.73 Å². The zero-order valence-corrected chi connectivity index (χ0v) is 9.09. The standard InChI is InChI=1S/C12H11N5/c13-6-8-3-4-9(15-7-8)12-16-10-2-1-5-14-11(10)17-12/h1-5,7H,6,13H2,(H,14,16,17). The third-order valence-electron chi connectivity index (χ3n) is 2.56. The summed E-state index contributed by atoms with van der Waals surface area (Å²) in [5.74, 6) is 0.724. The minimum Gasteiger partial charge on any atom is -0.335 e. The Balaban J connectivity index is 2.07. The Labute approximate surface area is 97.7 Å². The Morgan fingerprint density at radius 3 is 2.82 bits per heavy atom. The van der Waals surface area contributed by atoms with Crippen LogP contribution in [0.5, 0.6) is 0 Å². The highest BCUT2D eigenvalue weighted by atomic mass is 15.0. The summed E-state index contributed by atoms with van der Waals surface area (Å²) < 4.78 is 0. The third-order valence-corrected chi connectivity index (χ3v) is 2.56. The van der Waals surface area contributed by atoms with Crippen molar-refractivity contribution in [2.75, 3.05) is 0 Å². The molecule has 0 aliphatic carbocycles. The van der Waals surface area contributed by atoms with Crippen molar-refractivity contribution in [1.29, 1.82) is 0 Å². The number of pyridine rings is 2. The Bertz CT molecular complexity index is 608. The molecule has 0 bridgehead atoms. The average molecular weight is 225 g/mol. The third kappa shape index (κ3) is 1.76. The minimum absolute atomic E-state index is 0.495. The molecule has 0 unspecified atom stereocenters. The van der Waals surface area contributed by atoms with Crippen molar-refractivity contribution in [3.05, 3.63) is 42.2 Å². The van der Waals surface area contributed by atoms with E-state index in [0.717, 1.165) is 22.6 Å². The number of rotatable bonds is 2. The fourth-order valence-electron chi connectivity index (χ4n) is 1.65. The highest BCUT2D eigenvalue weighted by Crippen LogP contribution is 2.16. The predicted octanol–water partition coefficient (Wildman–Crippen LogP) is 1.48. The smallest absolute Gasteiger partial charge is 0.178 e. The first-order valence-electron chi connectivity index (χ1n) is 5.33. The topological polar surface area (TPSA) is 80.5 Å². The summed E-state index contributed by atoms with van der Waals surface area (Å²) in [6, 6.07) is 7.66. The monoisotopic (exact) mass is 225 g/mol. The number of hydrogen-bond donors (Lipinski definition) is 2. The number of imidazole rings is 1. The molecule has 0 fully saturated rings. The molecule has 84 valence electrons. The molecule has 3 N–H and O–H groups in total. The van der Waals surface area contributed by atoms with Crippen LogP contribution in [-0.4, -0.2) is 19.9 Å². The summed E-state index contributed by atoms with van der Waals surface area (Å²) in [6.07, 6.45) is 3.48. The molecule has 0 saturated heterocycles. The maximum atomic E-state index is 5.53. The number of nitrogens with two attached hydrogens (primary N) is 1. The first-order valence-corrected chi connectivity index (χ1v) is 5.33. The van der Waals surface area contributed by atoms with Crippen LogP contribution in [-0.2, 0) is 6.54 Å². The molecule has 5 heteroatoms. The lowest BCUT2D eigenvalue weighted by atomic mass is 10.2. The predicted molar refractivity (Wildman–Crippen MR) is 65.0 cm³/mol. The zero-order valence-electron chi connectivity index (χ0n) is 9.09. The number of nitrogens with zero attached hydrogens (tertiary/aromatic N) is 3. The van der Waals surface area contributed by atoms with E-state index in [1.54, 1.807) is 12.4 Å². The zero-order chi connectivity index (χ0) is 11.7. The second-order valence-corrected chi connectivity index (χ2v) is 3.72. The molecule has 3 aromatic rings. The summed E-state index contributed by atoms with van der Waals surface area (Å²) in [6.45, 7) is 0.495. The summed E-state index contributed by atoms with van der Waals surface area (Å²) in [5, 5.41) is 0. The summed E-state index contributed by atoms with van der Waals surface area (Å²) in [7, 11) is 0. The molecule has 0 aliphatic heterocycles. The summed E-state index contributed by atoms with van der Waals surface area (Å²) >= 11 is 0. The molecule has 0 radical (unpaired) electrons. The van der Waals surface area contributed by atoms with Gasteiger partial charge in [-0.2, -0.15) is 0 Å². The average Bonchev–Trinajstić information content (AvgIpc) is 2.82. The van der Waals surface area contributed by atoms with Crippen LogP contribution in [0, 0.1) is 0 Å². The van der Waals surface area contributed by atoms with Gasteiger partial charge in [-0.05, 0) is 23.8 Å². The van der Waals surface area contributed by atoms with Gasteiger partial charge in [0.1, 0.15) is 5.69 Å². The van der Waals surface area contributed by atoms with Crippen LogP contribution in [0.25, 0.3) is 22.7 Å². The molecule has 17 heavy (non-hydrogen) atoms. The van der Waals surface area contributed by atoms with Gasteiger partial charge >= 0.3 is 0 Å². The lowest BCUT2D eigenvalue weighted by Gasteiger charge is -1.97. The normalized spacial score (nSPS) is 10.9. The Morgan fingerprint density at radius 2 is 2.12 bits per heavy atom. The molecule has 0 amide bonds. The van der Waals surface area contributed by atoms with Gasteiger partial charge in [-0.3, -0.25) is 4.98 Å². The fourth-order valence-corrected chi connectivity index (χ4v) is 1.65. The number of hydrogen-bond acceptors (Lipinski definition) is 4. The SMILES string of the molecule is NCc1ccc(-c2nc3ncccc3[nH]2)nc1. The lowest BCUT2D eigenvalue weighted by Crippen LogP contribution is -1.97. The van der Waals surface area contributed by atoms with Crippen LogP contribution in [0.2, 0.25) is 0 Å². The van der Waals surface area contributed by atoms with Crippen LogP contribution in [0.4, 0.5) is 0 Å². The van der Waals surface area contributed by atoms with Gasteiger partial charge in [0.15, 0.2) is 11.5 Å². The second kappa shape index (κ2) is 3.95. The molecule has 0 atom stereocenters. The number of fused-ring (bicyclic) bond motifs is 1. The van der Waals surface area contributed by atoms with Gasteiger partial charge in [0.25, 0.3) is 0 Å². The first kappa shape index (κ1) is 9.92. The van der Waals surface area contributed by atoms with Crippen molar-refractivity contribution in [3.63, 3.8) is 0 Å². The Kier molecular flexibility index (Phi) is 2.31. The largest absolute Gasteiger partial charge is 0.335 e. The van der Waals surface area contributed by atoms with E-state index in [2.05, 4.69) is 19.9 Å². The maximum absolute atomic E-state index is 5.53. The van der Waals surface area contributed by atoms with Crippen LogP contribution in [0.1, 0.15) is 5.56 Å². The number of H-pyrrole nitrogens is 1. The van der Waals surface area contributed by atoms with Crippen LogP contribution in [0.3, 0.4) is 0 Å². The fraction of sp³-hybridized carbons (Fsp3) is 0.0833. The van der Waals surface area contributed by atoms with Gasteiger partial charge in [0.2, 0.25) is 0 Å². The highest BCUT2D eigenvalue weighted by Gasteiger charge is 2.06. The molecule has 0 saturated carbocycles. The van der Waals surface area contributed by atoms with Gasteiger partial charge in [-0.25, -0.2) is 9.97 Å². The van der Waals surface area contributed by atoms with Crippen molar-refractivity contribution in [1.82, 2.24) is 19.9 Å². The van der Waals surface area contributed by atoms with E-state index in [9.17, 15) is 0 Å². The molecular formula is C12H11N5. The van der Waals surface area contributed by atoms with Crippen molar-refractivity contribution < 1.29 is 0 Å². The van der Waals surface area contributed by atoms with E-state index in [1.165, 1.54) is 0 Å². The molecule has 0 aromatic carbocycles. The van der Waals surface area contributed by atoms with E-state index < -0.39 is 0 Å². The van der Waals surface area contributed by atoms with Crippen molar-refractivity contribution >= 4 is 11.2 Å². The maximum Gasteiger partial charge on any atom is 0.178 e. The first-order chi connectivity index (χ1) is 8.36. The van der Waals surface area contributed by atoms with Gasteiger partial charge in [-0.15, -0.1) is 0 Å². The van der Waals surface area contributed by atoms with Crippen LogP contribution in [0.15, 0.2) is 36.7 Å². The molecule has 0 aliphatic rings. The molecule has 3 aromatic heterocycles. The second-order valence-electron chi connectivity index (χ2n) is 3.72. The van der Waals surface area contributed by atoms with Crippen LogP contribution >= 0.6 is 0 Å². The van der Waals surface area contributed by atoms with E-state index in [4.69, 9.17) is 5.73 Å².